The number of amides is 2. The molecule has 1 aliphatic heterocycles. The van der Waals surface area contributed by atoms with Crippen LogP contribution >= 0.6 is 0 Å². The Hall–Kier alpha value is -1.91. The third kappa shape index (κ3) is 3.35. The smallest absolute Gasteiger partial charge is 0.255 e. The van der Waals surface area contributed by atoms with Crippen LogP contribution in [0.1, 0.15) is 30.6 Å². The van der Waals surface area contributed by atoms with Crippen LogP contribution in [0.4, 0.5) is 0 Å². The molecule has 0 aliphatic carbocycles. The Morgan fingerprint density at radius 2 is 1.85 bits per heavy atom. The van der Waals surface area contributed by atoms with Gasteiger partial charge in [-0.25, -0.2) is 0 Å². The fourth-order valence-corrected chi connectivity index (χ4v) is 2.38. The molecule has 0 unspecified atom stereocenters. The van der Waals surface area contributed by atoms with Crippen LogP contribution in [0.3, 0.4) is 0 Å². The fraction of sp³-hybridized carbons (Fsp3) is 0.533. The highest BCUT2D eigenvalue weighted by Crippen LogP contribution is 2.10. The van der Waals surface area contributed by atoms with E-state index in [0.29, 0.717) is 25.2 Å². The molecule has 5 nitrogen and oxygen atoms in total. The molecular formula is C15H21N3O2. The Morgan fingerprint density at radius 1 is 1.15 bits per heavy atom. The summed E-state index contributed by atoms with van der Waals surface area (Å²) >= 11 is 0. The van der Waals surface area contributed by atoms with Crippen molar-refractivity contribution in [2.45, 2.75) is 20.3 Å². The van der Waals surface area contributed by atoms with Crippen LogP contribution in [-0.4, -0.2) is 52.8 Å². The molecule has 0 bridgehead atoms. The third-order valence-electron chi connectivity index (χ3n) is 3.50. The van der Waals surface area contributed by atoms with Gasteiger partial charge in [-0.15, -0.1) is 0 Å². The van der Waals surface area contributed by atoms with Gasteiger partial charge in [0.25, 0.3) is 5.91 Å². The third-order valence-corrected chi connectivity index (χ3v) is 3.50. The summed E-state index contributed by atoms with van der Waals surface area (Å²) in [5.74, 6) is 0.174. The van der Waals surface area contributed by atoms with E-state index < -0.39 is 0 Å². The zero-order chi connectivity index (χ0) is 14.5. The number of nitrogens with zero attached hydrogens (tertiary/aromatic N) is 3. The van der Waals surface area contributed by atoms with E-state index in [-0.39, 0.29) is 17.7 Å². The average Bonchev–Trinajstić information content (AvgIpc) is 2.72. The summed E-state index contributed by atoms with van der Waals surface area (Å²) in [7, 11) is 0. The second-order valence-corrected chi connectivity index (χ2v) is 5.37. The number of hydrogen-bond donors (Lipinski definition) is 0. The molecule has 1 aliphatic rings. The largest absolute Gasteiger partial charge is 0.341 e. The van der Waals surface area contributed by atoms with Crippen LogP contribution in [0.2, 0.25) is 0 Å². The van der Waals surface area contributed by atoms with Gasteiger partial charge in [0.05, 0.1) is 5.56 Å². The van der Waals surface area contributed by atoms with Crippen molar-refractivity contribution in [2.75, 3.05) is 26.2 Å². The molecule has 0 radical (unpaired) electrons. The number of aromatic nitrogens is 1. The number of hydrogen-bond acceptors (Lipinski definition) is 3. The Labute approximate surface area is 119 Å². The molecule has 0 atom stereocenters. The average molecular weight is 275 g/mol. The summed E-state index contributed by atoms with van der Waals surface area (Å²) in [4.78, 5) is 32.0. The van der Waals surface area contributed by atoms with E-state index >= 15 is 0 Å². The zero-order valence-corrected chi connectivity index (χ0v) is 12.1. The van der Waals surface area contributed by atoms with Gasteiger partial charge in [0, 0.05) is 44.5 Å². The van der Waals surface area contributed by atoms with Gasteiger partial charge in [0.15, 0.2) is 0 Å². The molecule has 1 saturated heterocycles. The molecule has 1 aromatic heterocycles. The molecule has 1 fully saturated rings. The lowest BCUT2D eigenvalue weighted by Gasteiger charge is -2.23. The standard InChI is InChI=1S/C15H21N3O2/c1-12(2)14(19)17-7-4-8-18(10-9-17)15(20)13-5-3-6-16-11-13/h3,5-6,11-12H,4,7-10H2,1-2H3. The molecule has 0 N–H and O–H groups in total. The van der Waals surface area contributed by atoms with Crippen LogP contribution in [0, 0.1) is 5.92 Å². The van der Waals surface area contributed by atoms with Gasteiger partial charge in [-0.2, -0.15) is 0 Å². The van der Waals surface area contributed by atoms with E-state index in [2.05, 4.69) is 4.98 Å². The predicted molar refractivity (Wildman–Crippen MR) is 76.2 cm³/mol. The summed E-state index contributed by atoms with van der Waals surface area (Å²) in [6.45, 7) is 6.44. The lowest BCUT2D eigenvalue weighted by atomic mass is 10.2. The van der Waals surface area contributed by atoms with Gasteiger partial charge in [-0.05, 0) is 18.6 Å². The quantitative estimate of drug-likeness (QED) is 0.820. The Morgan fingerprint density at radius 3 is 2.50 bits per heavy atom. The SMILES string of the molecule is CC(C)C(=O)N1CCCN(C(=O)c2cccnc2)CC1. The molecule has 108 valence electrons. The van der Waals surface area contributed by atoms with Crippen LogP contribution < -0.4 is 0 Å². The molecule has 2 amide bonds. The van der Waals surface area contributed by atoms with Gasteiger partial charge in [-0.3, -0.25) is 14.6 Å². The minimum absolute atomic E-state index is 0.00283. The van der Waals surface area contributed by atoms with Gasteiger partial charge < -0.3 is 9.80 Å². The van der Waals surface area contributed by atoms with Crippen LogP contribution in [0.15, 0.2) is 24.5 Å². The van der Waals surface area contributed by atoms with Crippen molar-refractivity contribution < 1.29 is 9.59 Å². The first kappa shape index (κ1) is 14.5. The second-order valence-electron chi connectivity index (χ2n) is 5.37. The molecule has 1 aromatic rings. The second kappa shape index (κ2) is 6.50. The molecule has 2 heterocycles. The molecule has 0 spiro atoms. The summed E-state index contributed by atoms with van der Waals surface area (Å²) in [5.41, 5.74) is 0.608. The summed E-state index contributed by atoms with van der Waals surface area (Å²) < 4.78 is 0. The highest BCUT2D eigenvalue weighted by Gasteiger charge is 2.23. The minimum Gasteiger partial charge on any atom is -0.341 e. The number of pyridine rings is 1. The first-order valence-electron chi connectivity index (χ1n) is 7.07. The van der Waals surface area contributed by atoms with Gasteiger partial charge in [0.1, 0.15) is 0 Å². The molecule has 5 heteroatoms. The fourth-order valence-electron chi connectivity index (χ4n) is 2.38. The molecule has 20 heavy (non-hydrogen) atoms. The van der Waals surface area contributed by atoms with Crippen LogP contribution in [-0.2, 0) is 4.79 Å². The first-order chi connectivity index (χ1) is 9.59. The topological polar surface area (TPSA) is 53.5 Å². The van der Waals surface area contributed by atoms with Crippen molar-refractivity contribution >= 4 is 11.8 Å². The highest BCUT2D eigenvalue weighted by molar-refractivity contribution is 5.94. The van der Waals surface area contributed by atoms with Gasteiger partial charge in [-0.1, -0.05) is 13.8 Å². The van der Waals surface area contributed by atoms with Crippen molar-refractivity contribution in [1.29, 1.82) is 0 Å². The number of rotatable bonds is 2. The van der Waals surface area contributed by atoms with Crippen molar-refractivity contribution in [1.82, 2.24) is 14.8 Å². The maximum Gasteiger partial charge on any atom is 0.255 e. The van der Waals surface area contributed by atoms with Gasteiger partial charge >= 0.3 is 0 Å². The summed E-state index contributed by atoms with van der Waals surface area (Å²) in [6, 6.07) is 3.54. The zero-order valence-electron chi connectivity index (χ0n) is 12.1. The Bertz CT molecular complexity index is 473. The maximum absolute atomic E-state index is 12.3. The van der Waals surface area contributed by atoms with Crippen LogP contribution in [0.5, 0.6) is 0 Å². The first-order valence-corrected chi connectivity index (χ1v) is 7.07. The number of carbonyl (C=O) groups is 2. The van der Waals surface area contributed by atoms with Crippen molar-refractivity contribution in [3.8, 4) is 0 Å². The predicted octanol–water partition coefficient (Wildman–Crippen LogP) is 1.41. The Balaban J connectivity index is 1.99. The molecule has 0 aromatic carbocycles. The normalized spacial score (nSPS) is 16.1. The Kier molecular flexibility index (Phi) is 4.71. The van der Waals surface area contributed by atoms with Crippen molar-refractivity contribution in [3.63, 3.8) is 0 Å². The summed E-state index contributed by atoms with van der Waals surface area (Å²) in [5, 5.41) is 0. The minimum atomic E-state index is -0.00283. The van der Waals surface area contributed by atoms with E-state index in [1.165, 1.54) is 0 Å². The van der Waals surface area contributed by atoms with Crippen LogP contribution in [0.25, 0.3) is 0 Å². The summed E-state index contributed by atoms with van der Waals surface area (Å²) in [6.07, 6.45) is 4.07. The molecule has 0 saturated carbocycles. The van der Waals surface area contributed by atoms with Crippen molar-refractivity contribution in [2.24, 2.45) is 5.92 Å². The van der Waals surface area contributed by atoms with Gasteiger partial charge in [0.2, 0.25) is 5.91 Å². The molecule has 2 rings (SSSR count). The maximum atomic E-state index is 12.3. The van der Waals surface area contributed by atoms with E-state index in [0.717, 1.165) is 13.0 Å². The number of carbonyl (C=O) groups excluding carboxylic acids is 2. The van der Waals surface area contributed by atoms with E-state index in [4.69, 9.17) is 0 Å². The lowest BCUT2D eigenvalue weighted by Crippen LogP contribution is -2.39. The van der Waals surface area contributed by atoms with E-state index in [1.54, 1.807) is 24.5 Å². The lowest BCUT2D eigenvalue weighted by molar-refractivity contribution is -0.134. The van der Waals surface area contributed by atoms with E-state index in [1.807, 2.05) is 23.6 Å². The van der Waals surface area contributed by atoms with E-state index in [9.17, 15) is 9.59 Å². The monoisotopic (exact) mass is 275 g/mol. The van der Waals surface area contributed by atoms with Crippen molar-refractivity contribution in [3.05, 3.63) is 30.1 Å². The highest BCUT2D eigenvalue weighted by atomic mass is 16.2. The molecular weight excluding hydrogens is 254 g/mol.